The molecule has 0 aliphatic carbocycles. The molecule has 2 aliphatic heterocycles. The number of fused-ring (bicyclic) bond motifs is 1. The van der Waals surface area contributed by atoms with Crippen LogP contribution < -0.4 is 4.90 Å². The van der Waals surface area contributed by atoms with Gasteiger partial charge < -0.3 is 14.5 Å². The minimum atomic E-state index is -0.655. The summed E-state index contributed by atoms with van der Waals surface area (Å²) in [6.07, 6.45) is 0.615. The lowest BCUT2D eigenvalue weighted by molar-refractivity contribution is -0.149. The van der Waals surface area contributed by atoms with Gasteiger partial charge in [0.2, 0.25) is 0 Å². The summed E-state index contributed by atoms with van der Waals surface area (Å²) in [7, 11) is 0. The molecule has 2 amide bonds. The van der Waals surface area contributed by atoms with Crippen molar-refractivity contribution in [2.45, 2.75) is 25.0 Å². The number of likely N-dealkylation sites (tertiary alicyclic amines) is 1. The van der Waals surface area contributed by atoms with Crippen LogP contribution >= 0.6 is 0 Å². The van der Waals surface area contributed by atoms with E-state index in [2.05, 4.69) is 0 Å². The van der Waals surface area contributed by atoms with Crippen LogP contribution in [0.3, 0.4) is 0 Å². The van der Waals surface area contributed by atoms with Crippen molar-refractivity contribution in [3.8, 4) is 0 Å². The number of halogens is 1. The largest absolute Gasteiger partial charge is 0.361 e. The summed E-state index contributed by atoms with van der Waals surface area (Å²) < 4.78 is 19.1. The van der Waals surface area contributed by atoms with Gasteiger partial charge in [-0.25, -0.2) is 4.39 Å². The molecule has 2 aromatic rings. The maximum absolute atomic E-state index is 13.1. The van der Waals surface area contributed by atoms with E-state index in [9.17, 15) is 14.0 Å². The number of nitrogens with zero attached hydrogens (tertiary/aromatic N) is 2. The number of hydrogen-bond acceptors (Lipinski definition) is 3. The Bertz CT molecular complexity index is 855. The van der Waals surface area contributed by atoms with Gasteiger partial charge in [-0.2, -0.15) is 0 Å². The van der Waals surface area contributed by atoms with Crippen molar-refractivity contribution >= 4 is 17.5 Å². The van der Waals surface area contributed by atoms with Crippen LogP contribution in [0.1, 0.15) is 23.7 Å². The SMILES string of the molecule is C[C@@]12CN(C(=O)c3ccc(F)cc3)CC[C@H]1N(c1ccccc1)C(=O)CO2. The summed E-state index contributed by atoms with van der Waals surface area (Å²) in [6, 6.07) is 15.0. The molecular formula is C21H21FN2O3. The first-order chi connectivity index (χ1) is 13.0. The highest BCUT2D eigenvalue weighted by Gasteiger charge is 2.50. The smallest absolute Gasteiger partial charge is 0.253 e. The Hall–Kier alpha value is -2.73. The number of para-hydroxylation sites is 1. The highest BCUT2D eigenvalue weighted by atomic mass is 19.1. The molecule has 140 valence electrons. The molecule has 27 heavy (non-hydrogen) atoms. The monoisotopic (exact) mass is 368 g/mol. The fraction of sp³-hybridized carbons (Fsp3) is 0.333. The van der Waals surface area contributed by atoms with Crippen LogP contribution in [0.4, 0.5) is 10.1 Å². The molecule has 4 rings (SSSR count). The third kappa shape index (κ3) is 3.21. The summed E-state index contributed by atoms with van der Waals surface area (Å²) >= 11 is 0. The van der Waals surface area contributed by atoms with Gasteiger partial charge in [0.05, 0.1) is 12.6 Å². The van der Waals surface area contributed by atoms with Gasteiger partial charge in [-0.15, -0.1) is 0 Å². The van der Waals surface area contributed by atoms with Gasteiger partial charge in [0.25, 0.3) is 11.8 Å². The Morgan fingerprint density at radius 3 is 2.56 bits per heavy atom. The van der Waals surface area contributed by atoms with Crippen LogP contribution in [0.15, 0.2) is 54.6 Å². The van der Waals surface area contributed by atoms with Crippen molar-refractivity contribution in [3.63, 3.8) is 0 Å². The molecule has 0 N–H and O–H groups in total. The number of ether oxygens (including phenoxy) is 1. The van der Waals surface area contributed by atoms with E-state index in [1.165, 1.54) is 24.3 Å². The molecule has 2 fully saturated rings. The number of morpholine rings is 1. The summed E-state index contributed by atoms with van der Waals surface area (Å²) in [5.41, 5.74) is 0.642. The number of benzene rings is 2. The van der Waals surface area contributed by atoms with Crippen molar-refractivity contribution < 1.29 is 18.7 Å². The average Bonchev–Trinajstić information content (AvgIpc) is 2.68. The first-order valence-electron chi connectivity index (χ1n) is 9.04. The minimum absolute atomic E-state index is 0.0134. The van der Waals surface area contributed by atoms with E-state index in [0.717, 1.165) is 5.69 Å². The molecule has 2 aromatic carbocycles. The molecule has 0 spiro atoms. The molecule has 5 nitrogen and oxygen atoms in total. The number of rotatable bonds is 2. The second-order valence-corrected chi connectivity index (χ2v) is 7.24. The van der Waals surface area contributed by atoms with Gasteiger partial charge >= 0.3 is 0 Å². The zero-order chi connectivity index (χ0) is 19.0. The molecule has 2 atom stereocenters. The number of anilines is 1. The quantitative estimate of drug-likeness (QED) is 0.819. The molecule has 0 unspecified atom stereocenters. The van der Waals surface area contributed by atoms with Crippen LogP contribution in [-0.4, -0.2) is 48.1 Å². The van der Waals surface area contributed by atoms with Gasteiger partial charge in [-0.3, -0.25) is 9.59 Å². The maximum atomic E-state index is 13.1. The van der Waals surface area contributed by atoms with Gasteiger partial charge in [0, 0.05) is 17.8 Å². The Balaban J connectivity index is 1.58. The molecule has 0 aromatic heterocycles. The Morgan fingerprint density at radius 1 is 1.15 bits per heavy atom. The number of piperidine rings is 1. The molecule has 0 radical (unpaired) electrons. The van der Waals surface area contributed by atoms with Crippen LogP contribution in [0.2, 0.25) is 0 Å². The lowest BCUT2D eigenvalue weighted by Gasteiger charge is -2.52. The van der Waals surface area contributed by atoms with Crippen LogP contribution in [0.25, 0.3) is 0 Å². The standard InChI is InChI=1S/C21H21FN2O3/c1-21-14-23(20(26)15-7-9-16(22)10-8-15)12-11-18(21)24(19(25)13-27-21)17-5-3-2-4-6-17/h2-10,18H,11-14H2,1H3/t18-,21-/m1/s1. The molecule has 0 bridgehead atoms. The summed E-state index contributed by atoms with van der Waals surface area (Å²) in [5, 5.41) is 0. The highest BCUT2D eigenvalue weighted by molar-refractivity contribution is 5.97. The molecular weight excluding hydrogens is 347 g/mol. The Morgan fingerprint density at radius 2 is 1.85 bits per heavy atom. The van der Waals surface area contributed by atoms with Crippen LogP contribution in [0.5, 0.6) is 0 Å². The lowest BCUT2D eigenvalue weighted by Crippen LogP contribution is -2.68. The highest BCUT2D eigenvalue weighted by Crippen LogP contribution is 2.36. The predicted molar refractivity (Wildman–Crippen MR) is 99.0 cm³/mol. The van der Waals surface area contributed by atoms with E-state index in [4.69, 9.17) is 4.74 Å². The van der Waals surface area contributed by atoms with E-state index in [0.29, 0.717) is 25.1 Å². The van der Waals surface area contributed by atoms with Crippen molar-refractivity contribution in [2.75, 3.05) is 24.6 Å². The lowest BCUT2D eigenvalue weighted by atomic mass is 9.85. The van der Waals surface area contributed by atoms with Gasteiger partial charge in [0.15, 0.2) is 0 Å². The van der Waals surface area contributed by atoms with Crippen molar-refractivity contribution in [3.05, 3.63) is 66.0 Å². The van der Waals surface area contributed by atoms with E-state index in [1.54, 1.807) is 4.90 Å². The third-order valence-electron chi connectivity index (χ3n) is 5.40. The predicted octanol–water partition coefficient (Wildman–Crippen LogP) is 2.86. The number of hydrogen-bond donors (Lipinski definition) is 0. The Kier molecular flexibility index (Phi) is 4.44. The van der Waals surface area contributed by atoms with Gasteiger partial charge in [-0.05, 0) is 49.7 Å². The maximum Gasteiger partial charge on any atom is 0.253 e. The first-order valence-corrected chi connectivity index (χ1v) is 9.04. The average molecular weight is 368 g/mol. The van der Waals surface area contributed by atoms with Crippen molar-refractivity contribution in [1.82, 2.24) is 4.90 Å². The zero-order valence-corrected chi connectivity index (χ0v) is 15.1. The fourth-order valence-electron chi connectivity index (χ4n) is 4.02. The summed E-state index contributed by atoms with van der Waals surface area (Å²) in [4.78, 5) is 28.9. The second-order valence-electron chi connectivity index (χ2n) is 7.24. The topological polar surface area (TPSA) is 49.9 Å². The van der Waals surface area contributed by atoms with Crippen molar-refractivity contribution in [1.29, 1.82) is 0 Å². The first kappa shape index (κ1) is 17.7. The Labute approximate surface area is 157 Å². The summed E-state index contributed by atoms with van der Waals surface area (Å²) in [5.74, 6) is -0.590. The molecule has 2 saturated heterocycles. The number of carbonyl (C=O) groups is 2. The zero-order valence-electron chi connectivity index (χ0n) is 15.1. The van der Waals surface area contributed by atoms with E-state index in [-0.39, 0.29) is 30.3 Å². The van der Waals surface area contributed by atoms with Gasteiger partial charge in [-0.1, -0.05) is 18.2 Å². The fourth-order valence-corrected chi connectivity index (χ4v) is 4.02. The van der Waals surface area contributed by atoms with E-state index in [1.807, 2.05) is 42.2 Å². The second kappa shape index (κ2) is 6.78. The normalized spacial score (nSPS) is 25.3. The van der Waals surface area contributed by atoms with Crippen LogP contribution in [-0.2, 0) is 9.53 Å². The molecule has 6 heteroatoms. The number of amides is 2. The minimum Gasteiger partial charge on any atom is -0.361 e. The number of carbonyl (C=O) groups excluding carboxylic acids is 2. The van der Waals surface area contributed by atoms with E-state index < -0.39 is 5.60 Å². The molecule has 2 heterocycles. The van der Waals surface area contributed by atoms with Crippen molar-refractivity contribution in [2.24, 2.45) is 0 Å². The van der Waals surface area contributed by atoms with Crippen LogP contribution in [0, 0.1) is 5.82 Å². The molecule has 2 aliphatic rings. The van der Waals surface area contributed by atoms with Gasteiger partial charge in [0.1, 0.15) is 18.0 Å². The summed E-state index contributed by atoms with van der Waals surface area (Å²) in [6.45, 7) is 2.82. The molecule has 0 saturated carbocycles. The van der Waals surface area contributed by atoms with E-state index >= 15 is 0 Å². The third-order valence-corrected chi connectivity index (χ3v) is 5.40.